The highest BCUT2D eigenvalue weighted by molar-refractivity contribution is 6.10. The summed E-state index contributed by atoms with van der Waals surface area (Å²) in [7, 11) is 0. The van der Waals surface area contributed by atoms with E-state index in [0.29, 0.717) is 16.8 Å². The van der Waals surface area contributed by atoms with E-state index in [2.05, 4.69) is 5.32 Å². The lowest BCUT2D eigenvalue weighted by Gasteiger charge is -1.99. The molecule has 1 aliphatic rings. The SMILES string of the molecule is N#CC(C#N)=C1NC(=O)c2ccc(N)cc21. The molecule has 0 atom stereocenters. The van der Waals surface area contributed by atoms with Crippen LogP contribution in [0.25, 0.3) is 5.70 Å². The minimum Gasteiger partial charge on any atom is -0.399 e. The van der Waals surface area contributed by atoms with Crippen LogP contribution in [-0.2, 0) is 0 Å². The number of benzene rings is 1. The first-order valence-corrected chi connectivity index (χ1v) is 4.43. The van der Waals surface area contributed by atoms with Crippen molar-refractivity contribution in [2.75, 3.05) is 5.73 Å². The molecule has 0 bridgehead atoms. The molecule has 5 nitrogen and oxygen atoms in total. The first-order valence-electron chi connectivity index (χ1n) is 4.43. The molecule has 0 saturated carbocycles. The van der Waals surface area contributed by atoms with Crippen molar-refractivity contribution in [3.05, 3.63) is 34.9 Å². The van der Waals surface area contributed by atoms with Crippen molar-refractivity contribution < 1.29 is 4.79 Å². The summed E-state index contributed by atoms with van der Waals surface area (Å²) in [5.41, 5.74) is 7.10. The van der Waals surface area contributed by atoms with Crippen LogP contribution in [0, 0.1) is 22.7 Å². The molecule has 0 fully saturated rings. The van der Waals surface area contributed by atoms with E-state index >= 15 is 0 Å². The molecule has 76 valence electrons. The molecule has 2 rings (SSSR count). The second-order valence-electron chi connectivity index (χ2n) is 3.23. The number of carbonyl (C=O) groups excluding carboxylic acids is 1. The number of hydrogen-bond donors (Lipinski definition) is 2. The fourth-order valence-electron chi connectivity index (χ4n) is 1.55. The van der Waals surface area contributed by atoms with Crippen molar-refractivity contribution in [3.63, 3.8) is 0 Å². The number of anilines is 1. The van der Waals surface area contributed by atoms with E-state index in [1.165, 1.54) is 0 Å². The van der Waals surface area contributed by atoms with E-state index in [9.17, 15) is 4.79 Å². The van der Waals surface area contributed by atoms with Crippen molar-refractivity contribution >= 4 is 17.3 Å². The smallest absolute Gasteiger partial charge is 0.256 e. The van der Waals surface area contributed by atoms with Gasteiger partial charge in [0.25, 0.3) is 5.91 Å². The van der Waals surface area contributed by atoms with E-state index in [1.54, 1.807) is 30.3 Å². The summed E-state index contributed by atoms with van der Waals surface area (Å²) in [6.07, 6.45) is 0. The van der Waals surface area contributed by atoms with Crippen molar-refractivity contribution in [2.24, 2.45) is 0 Å². The molecule has 0 aliphatic carbocycles. The number of nitrogens with one attached hydrogen (secondary N) is 1. The first kappa shape index (κ1) is 9.75. The van der Waals surface area contributed by atoms with E-state index in [4.69, 9.17) is 16.3 Å². The van der Waals surface area contributed by atoms with Crippen molar-refractivity contribution in [2.45, 2.75) is 0 Å². The van der Waals surface area contributed by atoms with Crippen LogP contribution in [0.4, 0.5) is 5.69 Å². The molecule has 0 radical (unpaired) electrons. The van der Waals surface area contributed by atoms with Crippen LogP contribution >= 0.6 is 0 Å². The van der Waals surface area contributed by atoms with Crippen molar-refractivity contribution in [1.29, 1.82) is 10.5 Å². The lowest BCUT2D eigenvalue weighted by Crippen LogP contribution is -2.13. The normalized spacial score (nSPS) is 12.4. The Bertz CT molecular complexity index is 585. The zero-order valence-corrected chi connectivity index (χ0v) is 8.11. The summed E-state index contributed by atoms with van der Waals surface area (Å²) in [5, 5.41) is 20.0. The first-order chi connectivity index (χ1) is 7.67. The maximum atomic E-state index is 11.5. The number of amides is 1. The summed E-state index contributed by atoms with van der Waals surface area (Å²) in [6.45, 7) is 0. The van der Waals surface area contributed by atoms with Gasteiger partial charge in [-0.15, -0.1) is 0 Å². The van der Waals surface area contributed by atoms with E-state index in [0.717, 1.165) is 0 Å². The highest BCUT2D eigenvalue weighted by Crippen LogP contribution is 2.28. The van der Waals surface area contributed by atoms with Gasteiger partial charge >= 0.3 is 0 Å². The van der Waals surface area contributed by atoms with E-state index in [1.807, 2.05) is 0 Å². The van der Waals surface area contributed by atoms with Crippen LogP contribution in [-0.4, -0.2) is 5.91 Å². The Balaban J connectivity index is 2.74. The van der Waals surface area contributed by atoms with E-state index < -0.39 is 0 Å². The standard InChI is InChI=1S/C11H6N4O/c12-4-6(5-13)10-9-3-7(14)1-2-8(9)11(16)15-10/h1-3H,14H2,(H,15,16). The molecule has 16 heavy (non-hydrogen) atoms. The third-order valence-corrected chi connectivity index (χ3v) is 2.27. The number of nitrogens with zero attached hydrogens (tertiary/aromatic N) is 2. The molecule has 0 aromatic heterocycles. The van der Waals surface area contributed by atoms with Crippen molar-refractivity contribution in [3.8, 4) is 12.1 Å². The minimum absolute atomic E-state index is 0.127. The van der Waals surface area contributed by atoms with Gasteiger partial charge in [-0.05, 0) is 18.2 Å². The van der Waals surface area contributed by atoms with Gasteiger partial charge in [-0.1, -0.05) is 0 Å². The number of rotatable bonds is 0. The predicted molar refractivity (Wildman–Crippen MR) is 56.5 cm³/mol. The summed E-state index contributed by atoms with van der Waals surface area (Å²) in [6, 6.07) is 8.21. The molecule has 1 aromatic rings. The van der Waals surface area contributed by atoms with Gasteiger partial charge in [0.05, 0.1) is 5.70 Å². The van der Waals surface area contributed by atoms with Gasteiger partial charge in [-0.3, -0.25) is 4.79 Å². The largest absolute Gasteiger partial charge is 0.399 e. The molecule has 1 aliphatic heterocycles. The van der Waals surface area contributed by atoms with Gasteiger partial charge in [0, 0.05) is 16.8 Å². The second-order valence-corrected chi connectivity index (χ2v) is 3.23. The fraction of sp³-hybridized carbons (Fsp3) is 0. The maximum absolute atomic E-state index is 11.5. The molecule has 0 spiro atoms. The lowest BCUT2D eigenvalue weighted by atomic mass is 10.0. The Kier molecular flexibility index (Phi) is 2.08. The van der Waals surface area contributed by atoms with Crippen LogP contribution in [0.5, 0.6) is 0 Å². The zero-order valence-electron chi connectivity index (χ0n) is 8.11. The average Bonchev–Trinajstić information content (AvgIpc) is 2.58. The molecule has 0 saturated heterocycles. The van der Waals surface area contributed by atoms with Gasteiger partial charge in [-0.25, -0.2) is 0 Å². The van der Waals surface area contributed by atoms with Gasteiger partial charge in [0.1, 0.15) is 12.1 Å². The molecule has 1 aromatic carbocycles. The maximum Gasteiger partial charge on any atom is 0.256 e. The molecule has 5 heteroatoms. The second kappa shape index (κ2) is 3.41. The zero-order chi connectivity index (χ0) is 11.7. The fourth-order valence-corrected chi connectivity index (χ4v) is 1.55. The van der Waals surface area contributed by atoms with Crippen LogP contribution in [0.1, 0.15) is 15.9 Å². The topological polar surface area (TPSA) is 103 Å². The average molecular weight is 210 g/mol. The van der Waals surface area contributed by atoms with Crippen LogP contribution in [0.15, 0.2) is 23.8 Å². The number of carbonyl (C=O) groups is 1. The third-order valence-electron chi connectivity index (χ3n) is 2.27. The Morgan fingerprint density at radius 3 is 2.56 bits per heavy atom. The third kappa shape index (κ3) is 1.28. The molecule has 1 heterocycles. The molecule has 1 amide bonds. The van der Waals surface area contributed by atoms with Gasteiger partial charge in [-0.2, -0.15) is 10.5 Å². The summed E-state index contributed by atoms with van der Waals surface area (Å²) in [4.78, 5) is 11.5. The minimum atomic E-state index is -0.326. The number of nitrogens with two attached hydrogens (primary N) is 1. The molecular weight excluding hydrogens is 204 g/mol. The number of nitriles is 2. The summed E-state index contributed by atoms with van der Waals surface area (Å²) < 4.78 is 0. The van der Waals surface area contributed by atoms with Crippen LogP contribution < -0.4 is 11.1 Å². The van der Waals surface area contributed by atoms with Crippen LogP contribution in [0.2, 0.25) is 0 Å². The van der Waals surface area contributed by atoms with Crippen molar-refractivity contribution in [1.82, 2.24) is 5.32 Å². The Morgan fingerprint density at radius 1 is 1.25 bits per heavy atom. The van der Waals surface area contributed by atoms with Gasteiger partial charge in [0.2, 0.25) is 0 Å². The predicted octanol–water partition coefficient (Wildman–Crippen LogP) is 0.770. The molecule has 3 N–H and O–H groups in total. The Hall–Kier alpha value is -2.79. The number of allylic oxidation sites excluding steroid dienone is 1. The van der Waals surface area contributed by atoms with E-state index in [-0.39, 0.29) is 17.2 Å². The summed E-state index contributed by atoms with van der Waals surface area (Å²) in [5.74, 6) is -0.326. The summed E-state index contributed by atoms with van der Waals surface area (Å²) >= 11 is 0. The molecule has 0 unspecified atom stereocenters. The monoisotopic (exact) mass is 210 g/mol. The Labute approximate surface area is 91.4 Å². The van der Waals surface area contributed by atoms with Crippen LogP contribution in [0.3, 0.4) is 0 Å². The van der Waals surface area contributed by atoms with Gasteiger partial charge in [0.15, 0.2) is 5.57 Å². The number of fused-ring (bicyclic) bond motifs is 1. The number of nitrogen functional groups attached to an aromatic ring is 1. The highest BCUT2D eigenvalue weighted by atomic mass is 16.1. The lowest BCUT2D eigenvalue weighted by molar-refractivity contribution is 0.0981. The Morgan fingerprint density at radius 2 is 1.94 bits per heavy atom. The quantitative estimate of drug-likeness (QED) is 0.487. The highest BCUT2D eigenvalue weighted by Gasteiger charge is 2.26. The number of hydrogen-bond acceptors (Lipinski definition) is 4. The molecular formula is C11H6N4O. The van der Waals surface area contributed by atoms with Gasteiger partial charge < -0.3 is 11.1 Å².